The van der Waals surface area contributed by atoms with Gasteiger partial charge in [-0.15, -0.1) is 0 Å². The van der Waals surface area contributed by atoms with Crippen molar-refractivity contribution in [2.45, 2.75) is 26.2 Å². The van der Waals surface area contributed by atoms with Crippen LogP contribution < -0.4 is 11.1 Å². The van der Waals surface area contributed by atoms with E-state index in [9.17, 15) is 0 Å². The van der Waals surface area contributed by atoms with Crippen molar-refractivity contribution < 1.29 is 0 Å². The van der Waals surface area contributed by atoms with Crippen LogP contribution in [0.25, 0.3) is 0 Å². The minimum Gasteiger partial charge on any atom is -0.303 e. The Balaban J connectivity index is 3.58. The van der Waals surface area contributed by atoms with Gasteiger partial charge in [0, 0.05) is 6.04 Å². The number of nitrogens with zero attached hydrogens (tertiary/aromatic N) is 1. The van der Waals surface area contributed by atoms with Crippen molar-refractivity contribution in [2.24, 2.45) is 5.73 Å². The first-order chi connectivity index (χ1) is 4.09. The first-order valence-corrected chi connectivity index (χ1v) is 3.24. The molecule has 0 rings (SSSR count). The van der Waals surface area contributed by atoms with Crippen LogP contribution in [0.15, 0.2) is 0 Å². The van der Waals surface area contributed by atoms with Crippen molar-refractivity contribution in [2.75, 3.05) is 14.1 Å². The quantitative estimate of drug-likeness (QED) is 0.521. The molecule has 0 aliphatic heterocycles. The van der Waals surface area contributed by atoms with Gasteiger partial charge >= 0.3 is 0 Å². The zero-order valence-corrected chi connectivity index (χ0v) is 6.68. The number of hydrogen-bond acceptors (Lipinski definition) is 3. The largest absolute Gasteiger partial charge is 0.303 e. The van der Waals surface area contributed by atoms with Gasteiger partial charge in [-0.05, 0) is 27.9 Å². The summed E-state index contributed by atoms with van der Waals surface area (Å²) in [6.07, 6.45) is -0.0231. The monoisotopic (exact) mass is 131 g/mol. The average Bonchev–Trinajstić information content (AvgIpc) is 1.84. The topological polar surface area (TPSA) is 41.3 Å². The summed E-state index contributed by atoms with van der Waals surface area (Å²) in [5.74, 6) is 0. The molecule has 0 aromatic heterocycles. The minimum absolute atomic E-state index is 0.0231. The van der Waals surface area contributed by atoms with Crippen molar-refractivity contribution in [3.8, 4) is 0 Å². The van der Waals surface area contributed by atoms with Gasteiger partial charge in [0.25, 0.3) is 0 Å². The molecule has 0 fully saturated rings. The molecule has 0 radical (unpaired) electrons. The molecule has 0 aliphatic rings. The number of rotatable bonds is 3. The Morgan fingerprint density at radius 1 is 1.44 bits per heavy atom. The van der Waals surface area contributed by atoms with E-state index in [0.29, 0.717) is 6.04 Å². The number of hydrogen-bond donors (Lipinski definition) is 2. The molecule has 0 aliphatic carbocycles. The lowest BCUT2D eigenvalue weighted by Gasteiger charge is -2.27. The van der Waals surface area contributed by atoms with Crippen LogP contribution in [0, 0.1) is 0 Å². The predicted molar refractivity (Wildman–Crippen MR) is 39.9 cm³/mol. The maximum Gasteiger partial charge on any atom is 0.111 e. The molecule has 0 amide bonds. The Bertz CT molecular complexity index is 72.7. The molecule has 3 heteroatoms. The van der Waals surface area contributed by atoms with Crippen LogP contribution in [0.2, 0.25) is 0 Å². The average molecular weight is 131 g/mol. The molecule has 0 aromatic rings. The normalized spacial score (nSPS) is 15.0. The Morgan fingerprint density at radius 3 is 2.00 bits per heavy atom. The highest BCUT2D eigenvalue weighted by molar-refractivity contribution is 4.60. The third-order valence-corrected chi connectivity index (χ3v) is 1.55. The first kappa shape index (κ1) is 8.88. The molecule has 0 spiro atoms. The Kier molecular flexibility index (Phi) is 3.77. The van der Waals surface area contributed by atoms with Gasteiger partial charge in [0.05, 0.1) is 0 Å². The van der Waals surface area contributed by atoms with Crippen LogP contribution in [-0.4, -0.2) is 31.3 Å². The van der Waals surface area contributed by atoms with Gasteiger partial charge in [-0.3, -0.25) is 10.2 Å². The van der Waals surface area contributed by atoms with E-state index >= 15 is 0 Å². The van der Waals surface area contributed by atoms with Crippen LogP contribution in [0.1, 0.15) is 13.8 Å². The molecule has 3 N–H and O–H groups in total. The Hall–Kier alpha value is -0.120. The van der Waals surface area contributed by atoms with Crippen LogP contribution in [0.3, 0.4) is 0 Å². The summed E-state index contributed by atoms with van der Waals surface area (Å²) < 4.78 is 0. The van der Waals surface area contributed by atoms with Gasteiger partial charge in [-0.25, -0.2) is 0 Å². The summed E-state index contributed by atoms with van der Waals surface area (Å²) in [5.41, 5.74) is 5.63. The standard InChI is InChI=1S/C6H17N3/c1-5(2)9(4)6(7)8-3/h5-6,8H,7H2,1-4H3. The fourth-order valence-corrected chi connectivity index (χ4v) is 0.525. The van der Waals surface area contributed by atoms with Crippen LogP contribution in [0.4, 0.5) is 0 Å². The second kappa shape index (κ2) is 3.82. The van der Waals surface area contributed by atoms with E-state index in [1.807, 2.05) is 14.1 Å². The molecule has 9 heavy (non-hydrogen) atoms. The fraction of sp³-hybridized carbons (Fsp3) is 1.00. The predicted octanol–water partition coefficient (Wildman–Crippen LogP) is -0.212. The van der Waals surface area contributed by atoms with Crippen molar-refractivity contribution >= 4 is 0 Å². The highest BCUT2D eigenvalue weighted by Gasteiger charge is 2.08. The lowest BCUT2D eigenvalue weighted by Crippen LogP contribution is -2.51. The molecule has 1 unspecified atom stereocenters. The molecule has 0 heterocycles. The lowest BCUT2D eigenvalue weighted by molar-refractivity contribution is 0.176. The van der Waals surface area contributed by atoms with Gasteiger partial charge in [0.1, 0.15) is 6.29 Å². The lowest BCUT2D eigenvalue weighted by atomic mass is 10.3. The summed E-state index contributed by atoms with van der Waals surface area (Å²) in [6, 6.07) is 0.493. The molecule has 1 atom stereocenters. The van der Waals surface area contributed by atoms with Gasteiger partial charge in [-0.2, -0.15) is 0 Å². The Labute approximate surface area is 57.2 Å². The van der Waals surface area contributed by atoms with Crippen molar-refractivity contribution in [3.63, 3.8) is 0 Å². The van der Waals surface area contributed by atoms with E-state index in [0.717, 1.165) is 0 Å². The van der Waals surface area contributed by atoms with Crippen molar-refractivity contribution in [3.05, 3.63) is 0 Å². The molecule has 0 bridgehead atoms. The number of nitrogens with one attached hydrogen (secondary N) is 1. The third kappa shape index (κ3) is 2.79. The van der Waals surface area contributed by atoms with E-state index < -0.39 is 0 Å². The molecular weight excluding hydrogens is 114 g/mol. The second-order valence-corrected chi connectivity index (χ2v) is 2.49. The molecular formula is C6H17N3. The third-order valence-electron chi connectivity index (χ3n) is 1.55. The van der Waals surface area contributed by atoms with Crippen LogP contribution >= 0.6 is 0 Å². The van der Waals surface area contributed by atoms with Gasteiger partial charge in [0.15, 0.2) is 0 Å². The number of nitrogens with two attached hydrogens (primary N) is 1. The molecule has 56 valence electrons. The van der Waals surface area contributed by atoms with Crippen LogP contribution in [0.5, 0.6) is 0 Å². The van der Waals surface area contributed by atoms with Gasteiger partial charge < -0.3 is 5.73 Å². The van der Waals surface area contributed by atoms with E-state index in [4.69, 9.17) is 5.73 Å². The fourth-order valence-electron chi connectivity index (χ4n) is 0.525. The van der Waals surface area contributed by atoms with E-state index in [2.05, 4.69) is 24.1 Å². The summed E-state index contributed by atoms with van der Waals surface area (Å²) in [5, 5.41) is 2.95. The summed E-state index contributed by atoms with van der Waals surface area (Å²) in [6.45, 7) is 4.22. The zero-order chi connectivity index (χ0) is 7.44. The van der Waals surface area contributed by atoms with E-state index in [-0.39, 0.29) is 6.29 Å². The molecule has 0 aromatic carbocycles. The summed E-state index contributed by atoms with van der Waals surface area (Å²) in [4.78, 5) is 2.06. The molecule has 3 nitrogen and oxygen atoms in total. The van der Waals surface area contributed by atoms with Crippen molar-refractivity contribution in [1.82, 2.24) is 10.2 Å². The summed E-state index contributed by atoms with van der Waals surface area (Å²) >= 11 is 0. The van der Waals surface area contributed by atoms with Gasteiger partial charge in [-0.1, -0.05) is 0 Å². The van der Waals surface area contributed by atoms with Crippen LogP contribution in [-0.2, 0) is 0 Å². The highest BCUT2D eigenvalue weighted by atomic mass is 15.3. The molecule has 0 saturated carbocycles. The maximum absolute atomic E-state index is 5.63. The molecule has 0 saturated heterocycles. The smallest absolute Gasteiger partial charge is 0.111 e. The van der Waals surface area contributed by atoms with E-state index in [1.54, 1.807) is 0 Å². The second-order valence-electron chi connectivity index (χ2n) is 2.49. The Morgan fingerprint density at radius 2 is 1.89 bits per heavy atom. The minimum atomic E-state index is -0.0231. The highest BCUT2D eigenvalue weighted by Crippen LogP contribution is 1.92. The van der Waals surface area contributed by atoms with E-state index in [1.165, 1.54) is 0 Å². The summed E-state index contributed by atoms with van der Waals surface area (Å²) in [7, 11) is 3.84. The SMILES string of the molecule is CNC(N)N(C)C(C)C. The maximum atomic E-state index is 5.63. The van der Waals surface area contributed by atoms with Gasteiger partial charge in [0.2, 0.25) is 0 Å². The zero-order valence-electron chi connectivity index (χ0n) is 6.68. The van der Waals surface area contributed by atoms with Crippen molar-refractivity contribution in [1.29, 1.82) is 0 Å². The first-order valence-electron chi connectivity index (χ1n) is 3.24.